The summed E-state index contributed by atoms with van der Waals surface area (Å²) in [4.78, 5) is 27.6. The summed E-state index contributed by atoms with van der Waals surface area (Å²) in [6.45, 7) is 3.03. The van der Waals surface area contributed by atoms with Crippen LogP contribution in [0.5, 0.6) is 0 Å². The first-order chi connectivity index (χ1) is 17.0. The minimum absolute atomic E-state index is 0.0571. The molecule has 1 atom stereocenters. The maximum absolute atomic E-state index is 13.7. The molecular formula is C26H27BrClN3O4S. The Morgan fingerprint density at radius 3 is 2.31 bits per heavy atom. The molecule has 0 saturated heterocycles. The van der Waals surface area contributed by atoms with Gasteiger partial charge in [0, 0.05) is 23.1 Å². The van der Waals surface area contributed by atoms with E-state index in [1.807, 2.05) is 6.92 Å². The molecule has 0 radical (unpaired) electrons. The zero-order chi connectivity index (χ0) is 26.5. The number of halogens is 2. The number of carbonyl (C=O) groups excluding carboxylic acids is 2. The van der Waals surface area contributed by atoms with E-state index in [4.69, 9.17) is 11.6 Å². The highest BCUT2D eigenvalue weighted by Gasteiger charge is 2.32. The molecule has 0 aliphatic carbocycles. The van der Waals surface area contributed by atoms with Gasteiger partial charge in [0.05, 0.1) is 10.6 Å². The second kappa shape index (κ2) is 11.9. The summed E-state index contributed by atoms with van der Waals surface area (Å²) < 4.78 is 29.2. The number of hydrogen-bond donors (Lipinski definition) is 1. The summed E-state index contributed by atoms with van der Waals surface area (Å²) in [5.74, 6) is -0.914. The van der Waals surface area contributed by atoms with E-state index in [9.17, 15) is 18.0 Å². The number of hydrogen-bond acceptors (Lipinski definition) is 4. The van der Waals surface area contributed by atoms with Crippen LogP contribution in [0.1, 0.15) is 18.1 Å². The van der Waals surface area contributed by atoms with E-state index in [0.717, 1.165) is 9.87 Å². The number of nitrogens with one attached hydrogen (secondary N) is 1. The molecule has 0 fully saturated rings. The monoisotopic (exact) mass is 591 g/mol. The van der Waals surface area contributed by atoms with Gasteiger partial charge in [-0.25, -0.2) is 8.42 Å². The first-order valence-corrected chi connectivity index (χ1v) is 13.7. The van der Waals surface area contributed by atoms with Crippen molar-refractivity contribution in [2.45, 2.75) is 31.3 Å². The second-order valence-electron chi connectivity index (χ2n) is 8.25. The van der Waals surface area contributed by atoms with Crippen LogP contribution >= 0.6 is 27.5 Å². The highest BCUT2D eigenvalue weighted by molar-refractivity contribution is 9.10. The quantitative estimate of drug-likeness (QED) is 0.388. The van der Waals surface area contributed by atoms with Crippen molar-refractivity contribution in [1.82, 2.24) is 10.2 Å². The Hall–Kier alpha value is -2.88. The third-order valence-electron chi connectivity index (χ3n) is 5.64. The molecule has 190 valence electrons. The summed E-state index contributed by atoms with van der Waals surface area (Å²) in [5.41, 5.74) is 1.93. The lowest BCUT2D eigenvalue weighted by atomic mass is 10.1. The van der Waals surface area contributed by atoms with Gasteiger partial charge < -0.3 is 10.2 Å². The first kappa shape index (κ1) is 27.7. The van der Waals surface area contributed by atoms with E-state index >= 15 is 0 Å². The lowest BCUT2D eigenvalue weighted by Gasteiger charge is -2.31. The summed E-state index contributed by atoms with van der Waals surface area (Å²) in [7, 11) is -2.62. The molecule has 0 heterocycles. The van der Waals surface area contributed by atoms with Crippen molar-refractivity contribution >= 4 is 55.1 Å². The van der Waals surface area contributed by atoms with Crippen molar-refractivity contribution in [1.29, 1.82) is 0 Å². The summed E-state index contributed by atoms with van der Waals surface area (Å²) >= 11 is 9.50. The lowest BCUT2D eigenvalue weighted by molar-refractivity contribution is -0.139. The number of aryl methyl sites for hydroxylation is 1. The molecule has 0 bridgehead atoms. The van der Waals surface area contributed by atoms with Gasteiger partial charge in [0.2, 0.25) is 11.8 Å². The topological polar surface area (TPSA) is 86.8 Å². The first-order valence-electron chi connectivity index (χ1n) is 11.1. The van der Waals surface area contributed by atoms with Crippen molar-refractivity contribution in [3.63, 3.8) is 0 Å². The van der Waals surface area contributed by atoms with Gasteiger partial charge >= 0.3 is 0 Å². The van der Waals surface area contributed by atoms with Crippen molar-refractivity contribution in [2.75, 3.05) is 17.9 Å². The van der Waals surface area contributed by atoms with Crippen molar-refractivity contribution in [3.05, 3.63) is 93.4 Å². The number of benzene rings is 3. The maximum Gasteiger partial charge on any atom is 0.264 e. The molecule has 3 aromatic carbocycles. The molecule has 0 spiro atoms. The molecule has 2 amide bonds. The van der Waals surface area contributed by atoms with E-state index in [-0.39, 0.29) is 17.3 Å². The predicted octanol–water partition coefficient (Wildman–Crippen LogP) is 4.77. The molecule has 36 heavy (non-hydrogen) atoms. The van der Waals surface area contributed by atoms with Crippen LogP contribution in [0.15, 0.2) is 82.2 Å². The van der Waals surface area contributed by atoms with Gasteiger partial charge in [-0.1, -0.05) is 63.4 Å². The van der Waals surface area contributed by atoms with Gasteiger partial charge in [-0.05, 0) is 61.9 Å². The number of rotatable bonds is 9. The Kier molecular flexibility index (Phi) is 9.16. The summed E-state index contributed by atoms with van der Waals surface area (Å²) in [5, 5.41) is 3.05. The van der Waals surface area contributed by atoms with Crippen LogP contribution in [-0.2, 0) is 26.2 Å². The number of sulfonamides is 1. The minimum Gasteiger partial charge on any atom is -0.357 e. The fraction of sp³-hybridized carbons (Fsp3) is 0.231. The molecule has 1 unspecified atom stereocenters. The van der Waals surface area contributed by atoms with Crippen molar-refractivity contribution in [3.8, 4) is 0 Å². The minimum atomic E-state index is -4.10. The molecule has 0 aliphatic rings. The van der Waals surface area contributed by atoms with Gasteiger partial charge in [-0.3, -0.25) is 13.9 Å². The molecule has 10 heteroatoms. The van der Waals surface area contributed by atoms with E-state index in [1.165, 1.54) is 24.1 Å². The highest BCUT2D eigenvalue weighted by atomic mass is 79.9. The number of anilines is 1. The van der Waals surface area contributed by atoms with E-state index in [0.29, 0.717) is 20.7 Å². The number of nitrogens with zero attached hydrogens (tertiary/aromatic N) is 2. The van der Waals surface area contributed by atoms with Crippen LogP contribution < -0.4 is 9.62 Å². The Morgan fingerprint density at radius 1 is 1.03 bits per heavy atom. The smallest absolute Gasteiger partial charge is 0.264 e. The van der Waals surface area contributed by atoms with Gasteiger partial charge in [0.1, 0.15) is 12.6 Å². The third kappa shape index (κ3) is 6.66. The molecular weight excluding hydrogens is 566 g/mol. The van der Waals surface area contributed by atoms with Gasteiger partial charge in [-0.15, -0.1) is 0 Å². The zero-order valence-corrected chi connectivity index (χ0v) is 23.3. The lowest BCUT2D eigenvalue weighted by Crippen LogP contribution is -2.50. The molecule has 3 aromatic rings. The fourth-order valence-corrected chi connectivity index (χ4v) is 5.63. The molecule has 1 N–H and O–H groups in total. The summed E-state index contributed by atoms with van der Waals surface area (Å²) in [6.07, 6.45) is 0. The molecule has 0 saturated carbocycles. The van der Waals surface area contributed by atoms with Gasteiger partial charge in [0.25, 0.3) is 10.0 Å². The van der Waals surface area contributed by atoms with Gasteiger partial charge in [0.15, 0.2) is 0 Å². The Bertz CT molecular complexity index is 1350. The SMILES string of the molecule is CNC(=O)C(C)N(Cc1cccc(Cl)c1)C(=O)CN(c1cccc(Br)c1)S(=O)(=O)c1ccc(C)cc1. The zero-order valence-electron chi connectivity index (χ0n) is 20.1. The molecule has 0 aliphatic heterocycles. The van der Waals surface area contributed by atoms with E-state index in [2.05, 4.69) is 21.2 Å². The van der Waals surface area contributed by atoms with Crippen LogP contribution in [-0.4, -0.2) is 44.8 Å². The van der Waals surface area contributed by atoms with Crippen LogP contribution in [0, 0.1) is 6.92 Å². The summed E-state index contributed by atoms with van der Waals surface area (Å²) in [6, 6.07) is 19.2. The fourth-order valence-electron chi connectivity index (χ4n) is 3.62. The average molecular weight is 593 g/mol. The predicted molar refractivity (Wildman–Crippen MR) is 145 cm³/mol. The van der Waals surface area contributed by atoms with Crippen LogP contribution in [0.2, 0.25) is 5.02 Å². The number of amides is 2. The number of likely N-dealkylation sites (N-methyl/N-ethyl adjacent to an activating group) is 1. The highest BCUT2D eigenvalue weighted by Crippen LogP contribution is 2.27. The second-order valence-corrected chi connectivity index (χ2v) is 11.5. The maximum atomic E-state index is 13.7. The van der Waals surface area contributed by atoms with Gasteiger partial charge in [-0.2, -0.15) is 0 Å². The molecule has 0 aromatic heterocycles. The Labute approximate surface area is 225 Å². The number of carbonyl (C=O) groups is 2. The average Bonchev–Trinajstić information content (AvgIpc) is 2.85. The standard InChI is InChI=1S/C26H27BrClN3O4S/c1-18-10-12-24(13-11-18)36(34,35)31(23-9-5-7-21(27)15-23)17-25(32)30(19(2)26(33)29-3)16-20-6-4-8-22(28)14-20/h4-15,19H,16-17H2,1-3H3,(H,29,33). The van der Waals surface area contributed by atoms with Crippen LogP contribution in [0.25, 0.3) is 0 Å². The largest absolute Gasteiger partial charge is 0.357 e. The third-order valence-corrected chi connectivity index (χ3v) is 8.16. The van der Waals surface area contributed by atoms with Crippen LogP contribution in [0.4, 0.5) is 5.69 Å². The molecule has 3 rings (SSSR count). The molecule has 7 nitrogen and oxygen atoms in total. The van der Waals surface area contributed by atoms with E-state index in [1.54, 1.807) is 67.6 Å². The Morgan fingerprint density at radius 2 is 1.69 bits per heavy atom. The Balaban J connectivity index is 2.03. The van der Waals surface area contributed by atoms with Crippen molar-refractivity contribution < 1.29 is 18.0 Å². The van der Waals surface area contributed by atoms with Crippen molar-refractivity contribution in [2.24, 2.45) is 0 Å². The normalized spacial score (nSPS) is 12.0. The van der Waals surface area contributed by atoms with Crippen LogP contribution in [0.3, 0.4) is 0 Å². The van der Waals surface area contributed by atoms with E-state index < -0.39 is 28.5 Å².